The number of nitrogens with zero attached hydrogens (tertiary/aromatic N) is 1. The second kappa shape index (κ2) is 5.62. The van der Waals surface area contributed by atoms with E-state index in [4.69, 9.17) is 34.7 Å². The maximum atomic E-state index is 10.4. The van der Waals surface area contributed by atoms with Crippen LogP contribution >= 0.6 is 23.2 Å². The first-order valence-electron chi connectivity index (χ1n) is 4.39. The Bertz CT molecular complexity index is 398. The smallest absolute Gasteiger partial charge is 0.312 e. The Labute approximate surface area is 102 Å². The molecule has 1 heterocycles. The van der Waals surface area contributed by atoms with Crippen LogP contribution in [0, 0.1) is 0 Å². The summed E-state index contributed by atoms with van der Waals surface area (Å²) in [6, 6.07) is 0.909. The van der Waals surface area contributed by atoms with Gasteiger partial charge in [0.1, 0.15) is 11.6 Å². The summed E-state index contributed by atoms with van der Waals surface area (Å²) in [5, 5.41) is 5.95. The Kier molecular flexibility index (Phi) is 4.45. The largest absolute Gasteiger partial charge is 0.382 e. The van der Waals surface area contributed by atoms with Crippen LogP contribution in [0.2, 0.25) is 10.0 Å². The summed E-state index contributed by atoms with van der Waals surface area (Å²) in [7, 11) is 0. The number of carbonyl (C=O) groups excluding carboxylic acids is 1. The van der Waals surface area contributed by atoms with E-state index in [1.54, 1.807) is 0 Å². The van der Waals surface area contributed by atoms with Crippen molar-refractivity contribution in [2.24, 2.45) is 5.73 Å². The molecule has 8 heteroatoms. The molecule has 16 heavy (non-hydrogen) atoms. The lowest BCUT2D eigenvalue weighted by atomic mass is 10.4. The number of aromatic nitrogens is 1. The third kappa shape index (κ3) is 3.63. The minimum absolute atomic E-state index is 0.191. The highest BCUT2D eigenvalue weighted by Gasteiger charge is 2.06. The Balaban J connectivity index is 2.54. The number of primary amides is 1. The monoisotopic (exact) mass is 263 g/mol. The molecule has 0 spiro atoms. The molecular weight excluding hydrogens is 253 g/mol. The first-order valence-corrected chi connectivity index (χ1v) is 5.15. The highest BCUT2D eigenvalue weighted by Crippen LogP contribution is 2.26. The fourth-order valence-electron chi connectivity index (χ4n) is 0.971. The van der Waals surface area contributed by atoms with E-state index in [1.807, 2.05) is 0 Å². The molecule has 0 fully saturated rings. The van der Waals surface area contributed by atoms with Gasteiger partial charge in [0.15, 0.2) is 0 Å². The molecule has 0 saturated carbocycles. The SMILES string of the molecule is NC(=O)NCCNc1nc(N)c(Cl)cc1Cl. The van der Waals surface area contributed by atoms with Gasteiger partial charge >= 0.3 is 6.03 Å². The molecule has 1 aromatic rings. The summed E-state index contributed by atoms with van der Waals surface area (Å²) in [5.74, 6) is 0.603. The Morgan fingerprint density at radius 2 is 2.06 bits per heavy atom. The van der Waals surface area contributed by atoms with Gasteiger partial charge in [-0.25, -0.2) is 9.78 Å². The van der Waals surface area contributed by atoms with Crippen LogP contribution in [0.3, 0.4) is 0 Å². The number of pyridine rings is 1. The van der Waals surface area contributed by atoms with Crippen LogP contribution < -0.4 is 22.1 Å². The van der Waals surface area contributed by atoms with Gasteiger partial charge in [0.2, 0.25) is 0 Å². The van der Waals surface area contributed by atoms with Crippen molar-refractivity contribution in [2.45, 2.75) is 0 Å². The molecule has 0 bridgehead atoms. The normalized spacial score (nSPS) is 9.88. The highest BCUT2D eigenvalue weighted by molar-refractivity contribution is 6.37. The minimum atomic E-state index is -0.587. The third-order valence-electron chi connectivity index (χ3n) is 1.67. The van der Waals surface area contributed by atoms with Crippen molar-refractivity contribution in [1.29, 1.82) is 0 Å². The number of hydrogen-bond donors (Lipinski definition) is 4. The zero-order valence-electron chi connectivity index (χ0n) is 8.26. The van der Waals surface area contributed by atoms with E-state index < -0.39 is 6.03 Å². The number of nitrogens with one attached hydrogen (secondary N) is 2. The van der Waals surface area contributed by atoms with Gasteiger partial charge in [0.25, 0.3) is 0 Å². The number of halogens is 2. The van der Waals surface area contributed by atoms with Gasteiger partial charge in [-0.15, -0.1) is 0 Å². The lowest BCUT2D eigenvalue weighted by molar-refractivity contribution is 0.249. The number of hydrogen-bond acceptors (Lipinski definition) is 4. The predicted octanol–water partition coefficient (Wildman–Crippen LogP) is 1.05. The molecule has 1 rings (SSSR count). The van der Waals surface area contributed by atoms with Gasteiger partial charge in [-0.2, -0.15) is 0 Å². The maximum absolute atomic E-state index is 10.4. The summed E-state index contributed by atoms with van der Waals surface area (Å²) in [6.07, 6.45) is 0. The average Bonchev–Trinajstić information content (AvgIpc) is 2.19. The second-order valence-corrected chi connectivity index (χ2v) is 3.72. The quantitative estimate of drug-likeness (QED) is 0.610. The summed E-state index contributed by atoms with van der Waals surface area (Å²) >= 11 is 11.6. The molecule has 0 aliphatic heterocycles. The first-order chi connectivity index (χ1) is 7.50. The lowest BCUT2D eigenvalue weighted by Crippen LogP contribution is -2.33. The predicted molar refractivity (Wildman–Crippen MR) is 64.7 cm³/mol. The van der Waals surface area contributed by atoms with Crippen molar-refractivity contribution in [2.75, 3.05) is 24.1 Å². The molecule has 0 unspecified atom stereocenters. The van der Waals surface area contributed by atoms with Crippen molar-refractivity contribution in [3.8, 4) is 0 Å². The van der Waals surface area contributed by atoms with Crippen LogP contribution in [0.15, 0.2) is 6.07 Å². The number of urea groups is 1. The molecule has 6 nitrogen and oxygen atoms in total. The molecule has 1 aromatic heterocycles. The number of anilines is 2. The molecule has 0 atom stereocenters. The number of amides is 2. The molecule has 0 radical (unpaired) electrons. The molecule has 0 aliphatic rings. The number of nitrogens with two attached hydrogens (primary N) is 2. The zero-order valence-corrected chi connectivity index (χ0v) is 9.77. The Hall–Kier alpha value is -1.40. The minimum Gasteiger partial charge on any atom is -0.382 e. The van der Waals surface area contributed by atoms with Gasteiger partial charge in [-0.05, 0) is 6.07 Å². The van der Waals surface area contributed by atoms with Gasteiger partial charge < -0.3 is 22.1 Å². The standard InChI is InChI=1S/C8H11Cl2N5O/c9-4-3-5(10)7(15-6(4)11)13-1-2-14-8(12)16/h3H,1-2H2,(H3,11,13,15)(H3,12,14,16). The summed E-state index contributed by atoms with van der Waals surface area (Å²) in [4.78, 5) is 14.3. The second-order valence-electron chi connectivity index (χ2n) is 2.90. The van der Waals surface area contributed by atoms with Crippen LogP contribution in [0.4, 0.5) is 16.4 Å². The molecule has 88 valence electrons. The molecule has 0 saturated heterocycles. The van der Waals surface area contributed by atoms with Gasteiger partial charge in [-0.3, -0.25) is 0 Å². The number of nitrogen functional groups attached to an aromatic ring is 1. The van der Waals surface area contributed by atoms with Crippen LogP contribution in [0.25, 0.3) is 0 Å². The van der Waals surface area contributed by atoms with E-state index >= 15 is 0 Å². The van der Waals surface area contributed by atoms with Crippen LogP contribution in [-0.4, -0.2) is 24.1 Å². The first kappa shape index (κ1) is 12.7. The number of carbonyl (C=O) groups is 1. The summed E-state index contributed by atoms with van der Waals surface area (Å²) in [6.45, 7) is 0.784. The molecule has 6 N–H and O–H groups in total. The molecule has 0 aliphatic carbocycles. The maximum Gasteiger partial charge on any atom is 0.312 e. The highest BCUT2D eigenvalue weighted by atomic mass is 35.5. The molecular formula is C8H11Cl2N5O. The Morgan fingerprint density at radius 3 is 2.69 bits per heavy atom. The Morgan fingerprint density at radius 1 is 1.38 bits per heavy atom. The van der Waals surface area contributed by atoms with E-state index in [9.17, 15) is 4.79 Å². The number of rotatable bonds is 4. The van der Waals surface area contributed by atoms with Crippen LogP contribution in [-0.2, 0) is 0 Å². The van der Waals surface area contributed by atoms with Crippen LogP contribution in [0.5, 0.6) is 0 Å². The van der Waals surface area contributed by atoms with E-state index in [0.717, 1.165) is 0 Å². The summed E-state index contributed by atoms with van der Waals surface area (Å²) in [5.41, 5.74) is 10.4. The van der Waals surface area contributed by atoms with Gasteiger partial charge in [0, 0.05) is 13.1 Å². The van der Waals surface area contributed by atoms with Crippen molar-refractivity contribution in [1.82, 2.24) is 10.3 Å². The van der Waals surface area contributed by atoms with E-state index in [-0.39, 0.29) is 5.82 Å². The van der Waals surface area contributed by atoms with Crippen molar-refractivity contribution in [3.05, 3.63) is 16.1 Å². The van der Waals surface area contributed by atoms with E-state index in [2.05, 4.69) is 15.6 Å². The fourth-order valence-corrected chi connectivity index (χ4v) is 1.40. The van der Waals surface area contributed by atoms with E-state index in [0.29, 0.717) is 29.0 Å². The third-order valence-corrected chi connectivity index (χ3v) is 2.26. The summed E-state index contributed by atoms with van der Waals surface area (Å²) < 4.78 is 0. The zero-order chi connectivity index (χ0) is 12.1. The van der Waals surface area contributed by atoms with Crippen molar-refractivity contribution in [3.63, 3.8) is 0 Å². The topological polar surface area (TPSA) is 106 Å². The van der Waals surface area contributed by atoms with Crippen LogP contribution in [0.1, 0.15) is 0 Å². The molecule has 0 aromatic carbocycles. The van der Waals surface area contributed by atoms with Gasteiger partial charge in [-0.1, -0.05) is 23.2 Å². The fraction of sp³-hybridized carbons (Fsp3) is 0.250. The van der Waals surface area contributed by atoms with Crippen molar-refractivity contribution >= 4 is 40.9 Å². The molecule has 2 amide bonds. The van der Waals surface area contributed by atoms with E-state index in [1.165, 1.54) is 6.07 Å². The average molecular weight is 264 g/mol. The van der Waals surface area contributed by atoms with Gasteiger partial charge in [0.05, 0.1) is 10.0 Å². The lowest BCUT2D eigenvalue weighted by Gasteiger charge is -2.09. The van der Waals surface area contributed by atoms with Crippen molar-refractivity contribution < 1.29 is 4.79 Å².